The van der Waals surface area contributed by atoms with Gasteiger partial charge in [0.25, 0.3) is 0 Å². The molecule has 0 unspecified atom stereocenters. The van der Waals surface area contributed by atoms with E-state index in [1.807, 2.05) is 0 Å². The summed E-state index contributed by atoms with van der Waals surface area (Å²) in [5, 5.41) is 11.3. The Labute approximate surface area is 122 Å². The fourth-order valence-electron chi connectivity index (χ4n) is 2.07. The topological polar surface area (TPSA) is 113 Å². The molecule has 21 heavy (non-hydrogen) atoms. The van der Waals surface area contributed by atoms with Gasteiger partial charge >= 0.3 is 5.97 Å². The van der Waals surface area contributed by atoms with Crippen LogP contribution in [0.1, 0.15) is 12.0 Å². The van der Waals surface area contributed by atoms with Crippen LogP contribution in [0.15, 0.2) is 23.1 Å². The zero-order chi connectivity index (χ0) is 15.8. The van der Waals surface area contributed by atoms with Crippen LogP contribution in [0, 0.1) is 18.8 Å². The van der Waals surface area contributed by atoms with Gasteiger partial charge in [0.05, 0.1) is 16.7 Å². The van der Waals surface area contributed by atoms with E-state index < -0.39 is 33.7 Å². The second-order valence-electron chi connectivity index (χ2n) is 4.96. The molecule has 0 saturated heterocycles. The second kappa shape index (κ2) is 5.45. The zero-order valence-electron chi connectivity index (χ0n) is 11.6. The highest BCUT2D eigenvalue weighted by Crippen LogP contribution is 2.39. The molecule has 0 spiro atoms. The molecule has 1 aromatic carbocycles. The van der Waals surface area contributed by atoms with Crippen molar-refractivity contribution >= 4 is 27.6 Å². The standard InChI is InChI=1S/C13H16N2O5S/c1-7-3-4-8(5-11(7)21(19,20)14-2)15-12(16)9-6-10(9)13(17)18/h3-5,9-10,14H,6H2,1-2H3,(H,15,16)(H,17,18)/t9-,10+/m1/s1. The molecule has 1 amide bonds. The van der Waals surface area contributed by atoms with Gasteiger partial charge in [0.15, 0.2) is 0 Å². The molecule has 1 saturated carbocycles. The lowest BCUT2D eigenvalue weighted by atomic mass is 10.2. The van der Waals surface area contributed by atoms with E-state index in [-0.39, 0.29) is 4.90 Å². The summed E-state index contributed by atoms with van der Waals surface area (Å²) in [7, 11) is -2.30. The van der Waals surface area contributed by atoms with E-state index in [0.29, 0.717) is 17.7 Å². The number of carbonyl (C=O) groups is 2. The predicted molar refractivity (Wildman–Crippen MR) is 75.3 cm³/mol. The highest BCUT2D eigenvalue weighted by molar-refractivity contribution is 7.89. The normalized spacial score (nSPS) is 20.9. The molecule has 2 rings (SSSR count). The van der Waals surface area contributed by atoms with Crippen molar-refractivity contribution in [2.45, 2.75) is 18.2 Å². The SMILES string of the molecule is CNS(=O)(=O)c1cc(NC(=O)[C@@H]2C[C@@H]2C(=O)O)ccc1C. The van der Waals surface area contributed by atoms with Crippen molar-refractivity contribution in [2.75, 3.05) is 12.4 Å². The lowest BCUT2D eigenvalue weighted by Gasteiger charge is -2.10. The molecule has 2 atom stereocenters. The molecule has 8 heteroatoms. The zero-order valence-corrected chi connectivity index (χ0v) is 12.4. The minimum atomic E-state index is -3.61. The van der Waals surface area contributed by atoms with Crippen molar-refractivity contribution in [3.63, 3.8) is 0 Å². The average Bonchev–Trinajstić information content (AvgIpc) is 3.21. The Kier molecular flexibility index (Phi) is 4.02. The molecular weight excluding hydrogens is 296 g/mol. The number of carbonyl (C=O) groups excluding carboxylic acids is 1. The highest BCUT2D eigenvalue weighted by Gasteiger charge is 2.48. The van der Waals surface area contributed by atoms with Crippen molar-refractivity contribution in [1.82, 2.24) is 4.72 Å². The van der Waals surface area contributed by atoms with Gasteiger partial charge in [0, 0.05) is 5.69 Å². The number of anilines is 1. The summed E-state index contributed by atoms with van der Waals surface area (Å²) < 4.78 is 25.9. The van der Waals surface area contributed by atoms with E-state index in [2.05, 4.69) is 10.0 Å². The quantitative estimate of drug-likeness (QED) is 0.735. The molecule has 0 heterocycles. The van der Waals surface area contributed by atoms with E-state index in [4.69, 9.17) is 5.11 Å². The maximum Gasteiger partial charge on any atom is 0.307 e. The third-order valence-corrected chi connectivity index (χ3v) is 5.01. The summed E-state index contributed by atoms with van der Waals surface area (Å²) in [5.74, 6) is -2.58. The number of aliphatic carboxylic acids is 1. The van der Waals surface area contributed by atoms with Gasteiger partial charge in [-0.2, -0.15) is 0 Å². The monoisotopic (exact) mass is 312 g/mol. The molecule has 0 bridgehead atoms. The van der Waals surface area contributed by atoms with Gasteiger partial charge < -0.3 is 10.4 Å². The fourth-order valence-corrected chi connectivity index (χ4v) is 3.06. The van der Waals surface area contributed by atoms with Crippen molar-refractivity contribution in [3.05, 3.63) is 23.8 Å². The Morgan fingerprint density at radius 2 is 1.95 bits per heavy atom. The summed E-state index contributed by atoms with van der Waals surface area (Å²) in [6.45, 7) is 1.65. The first-order valence-electron chi connectivity index (χ1n) is 6.34. The molecule has 0 radical (unpaired) electrons. The lowest BCUT2D eigenvalue weighted by molar-refractivity contribution is -0.139. The van der Waals surface area contributed by atoms with Crippen LogP contribution in [-0.4, -0.2) is 32.4 Å². The van der Waals surface area contributed by atoms with Crippen molar-refractivity contribution in [2.24, 2.45) is 11.8 Å². The largest absolute Gasteiger partial charge is 0.481 e. The molecule has 114 valence electrons. The van der Waals surface area contributed by atoms with Gasteiger partial charge in [-0.1, -0.05) is 6.07 Å². The number of sulfonamides is 1. The van der Waals surface area contributed by atoms with Crippen LogP contribution >= 0.6 is 0 Å². The number of carboxylic acids is 1. The summed E-state index contributed by atoms with van der Waals surface area (Å²) in [4.78, 5) is 22.7. The average molecular weight is 312 g/mol. The maximum absolute atomic E-state index is 11.9. The van der Waals surface area contributed by atoms with Gasteiger partial charge in [0.1, 0.15) is 0 Å². The van der Waals surface area contributed by atoms with Gasteiger partial charge in [-0.15, -0.1) is 0 Å². The van der Waals surface area contributed by atoms with E-state index in [1.165, 1.54) is 13.1 Å². The van der Waals surface area contributed by atoms with Gasteiger partial charge in [0.2, 0.25) is 15.9 Å². The number of hydrogen-bond donors (Lipinski definition) is 3. The number of hydrogen-bond acceptors (Lipinski definition) is 4. The molecule has 1 aliphatic rings. The first kappa shape index (κ1) is 15.5. The van der Waals surface area contributed by atoms with Crippen LogP contribution in [0.3, 0.4) is 0 Å². The van der Waals surface area contributed by atoms with Crippen LogP contribution in [0.2, 0.25) is 0 Å². The van der Waals surface area contributed by atoms with Crippen LogP contribution in [0.5, 0.6) is 0 Å². The van der Waals surface area contributed by atoms with Crippen molar-refractivity contribution in [3.8, 4) is 0 Å². The number of nitrogens with one attached hydrogen (secondary N) is 2. The Bertz CT molecular complexity index is 699. The smallest absolute Gasteiger partial charge is 0.307 e. The summed E-state index contributed by atoms with van der Waals surface area (Å²) in [6.07, 6.45) is 0.314. The van der Waals surface area contributed by atoms with Crippen LogP contribution in [0.4, 0.5) is 5.69 Å². The minimum Gasteiger partial charge on any atom is -0.481 e. The second-order valence-corrected chi connectivity index (χ2v) is 6.82. The fraction of sp³-hybridized carbons (Fsp3) is 0.385. The molecule has 3 N–H and O–H groups in total. The Hall–Kier alpha value is -1.93. The van der Waals surface area contributed by atoms with Crippen molar-refractivity contribution in [1.29, 1.82) is 0 Å². The number of rotatable bonds is 5. The molecule has 1 aliphatic carbocycles. The van der Waals surface area contributed by atoms with E-state index >= 15 is 0 Å². The van der Waals surface area contributed by atoms with E-state index in [9.17, 15) is 18.0 Å². The molecule has 1 aromatic rings. The van der Waals surface area contributed by atoms with Gasteiger partial charge in [-0.25, -0.2) is 13.1 Å². The number of carboxylic acid groups (broad SMARTS) is 1. The Morgan fingerprint density at radius 1 is 1.29 bits per heavy atom. The first-order chi connectivity index (χ1) is 9.76. The summed E-state index contributed by atoms with van der Waals surface area (Å²) in [6, 6.07) is 4.53. The third-order valence-electron chi connectivity index (χ3n) is 3.46. The van der Waals surface area contributed by atoms with E-state index in [0.717, 1.165) is 0 Å². The van der Waals surface area contributed by atoms with Crippen molar-refractivity contribution < 1.29 is 23.1 Å². The molecule has 1 fully saturated rings. The highest BCUT2D eigenvalue weighted by atomic mass is 32.2. The van der Waals surface area contributed by atoms with Crippen LogP contribution < -0.4 is 10.0 Å². The van der Waals surface area contributed by atoms with Crippen LogP contribution in [-0.2, 0) is 19.6 Å². The number of aryl methyl sites for hydroxylation is 1. The molecule has 0 aliphatic heterocycles. The predicted octanol–water partition coefficient (Wildman–Crippen LogP) is 0.562. The Morgan fingerprint density at radius 3 is 2.48 bits per heavy atom. The first-order valence-corrected chi connectivity index (χ1v) is 7.82. The van der Waals surface area contributed by atoms with Crippen LogP contribution in [0.25, 0.3) is 0 Å². The summed E-state index contributed by atoms with van der Waals surface area (Å²) >= 11 is 0. The number of benzene rings is 1. The van der Waals surface area contributed by atoms with Gasteiger partial charge in [-0.05, 0) is 38.1 Å². The molecule has 0 aromatic heterocycles. The molecule has 7 nitrogen and oxygen atoms in total. The minimum absolute atomic E-state index is 0.0772. The number of amides is 1. The van der Waals surface area contributed by atoms with Gasteiger partial charge in [-0.3, -0.25) is 9.59 Å². The molecular formula is C13H16N2O5S. The van der Waals surface area contributed by atoms with E-state index in [1.54, 1.807) is 19.1 Å². The Balaban J connectivity index is 2.17. The lowest BCUT2D eigenvalue weighted by Crippen LogP contribution is -2.21. The maximum atomic E-state index is 11.9. The summed E-state index contributed by atoms with van der Waals surface area (Å²) in [5.41, 5.74) is 0.882. The third kappa shape index (κ3) is 3.22.